The van der Waals surface area contributed by atoms with Crippen molar-refractivity contribution in [3.63, 3.8) is 0 Å². The van der Waals surface area contributed by atoms with Crippen LogP contribution in [0.25, 0.3) is 33.5 Å². The summed E-state index contributed by atoms with van der Waals surface area (Å²) in [4.78, 5) is 22.6. The summed E-state index contributed by atoms with van der Waals surface area (Å²) in [5.74, 6) is -2.39. The van der Waals surface area contributed by atoms with Crippen LogP contribution in [0.1, 0.15) is 30.9 Å². The largest absolute Gasteiger partial charge is 0.451 e. The molecular formula is C23H17F5N8. The van der Waals surface area contributed by atoms with E-state index in [0.29, 0.717) is 34.3 Å². The molecule has 0 bridgehead atoms. The second-order valence-corrected chi connectivity index (χ2v) is 7.94. The predicted octanol–water partition coefficient (Wildman–Crippen LogP) is 5.16. The number of anilines is 1. The first kappa shape index (κ1) is 23.3. The smallest absolute Gasteiger partial charge is 0.383 e. The van der Waals surface area contributed by atoms with Crippen molar-refractivity contribution in [2.45, 2.75) is 25.6 Å². The SMILES string of the molecule is CCC(c1cnc(-c2ccc(F)cc2F)[nH]1)n1cc(-c2cnc(C(F)(F)F)nc2)c2c(N)ncnc21. The molecule has 0 saturated carbocycles. The van der Waals surface area contributed by atoms with E-state index in [2.05, 4.69) is 29.9 Å². The number of imidazole rings is 1. The minimum absolute atomic E-state index is 0.101. The number of hydrogen-bond acceptors (Lipinski definition) is 6. The fourth-order valence-electron chi connectivity index (χ4n) is 4.07. The maximum absolute atomic E-state index is 14.3. The van der Waals surface area contributed by atoms with E-state index in [1.54, 1.807) is 10.8 Å². The van der Waals surface area contributed by atoms with Crippen molar-refractivity contribution < 1.29 is 22.0 Å². The molecule has 8 nitrogen and oxygen atoms in total. The van der Waals surface area contributed by atoms with Crippen LogP contribution in [-0.4, -0.2) is 34.5 Å². The van der Waals surface area contributed by atoms with Gasteiger partial charge in [0.1, 0.15) is 35.3 Å². The average Bonchev–Trinajstić information content (AvgIpc) is 3.46. The number of alkyl halides is 3. The number of aromatic nitrogens is 7. The second kappa shape index (κ2) is 8.66. The molecule has 0 fully saturated rings. The highest BCUT2D eigenvalue weighted by molar-refractivity contribution is 6.00. The first-order chi connectivity index (χ1) is 17.2. The fraction of sp³-hybridized carbons (Fsp3) is 0.174. The summed E-state index contributed by atoms with van der Waals surface area (Å²) in [5.41, 5.74) is 7.98. The number of nitrogen functional groups attached to an aromatic ring is 1. The van der Waals surface area contributed by atoms with Crippen molar-refractivity contribution in [2.24, 2.45) is 0 Å². The third-order valence-electron chi connectivity index (χ3n) is 5.72. The van der Waals surface area contributed by atoms with E-state index in [-0.39, 0.29) is 17.2 Å². The highest BCUT2D eigenvalue weighted by Crippen LogP contribution is 2.37. The van der Waals surface area contributed by atoms with Crippen LogP contribution >= 0.6 is 0 Å². The van der Waals surface area contributed by atoms with Crippen LogP contribution in [0.5, 0.6) is 0 Å². The Bertz CT molecular complexity index is 1560. The molecule has 1 aromatic carbocycles. The Morgan fingerprint density at radius 2 is 1.75 bits per heavy atom. The van der Waals surface area contributed by atoms with Crippen molar-refractivity contribution in [1.29, 1.82) is 0 Å². The maximum atomic E-state index is 14.3. The molecule has 0 radical (unpaired) electrons. The lowest BCUT2D eigenvalue weighted by Crippen LogP contribution is -2.10. The molecule has 0 aliphatic heterocycles. The normalized spacial score (nSPS) is 12.8. The summed E-state index contributed by atoms with van der Waals surface area (Å²) in [6.45, 7) is 1.90. The van der Waals surface area contributed by atoms with Gasteiger partial charge in [-0.25, -0.2) is 33.7 Å². The van der Waals surface area contributed by atoms with Gasteiger partial charge in [-0.3, -0.25) is 0 Å². The number of hydrogen-bond donors (Lipinski definition) is 2. The van der Waals surface area contributed by atoms with E-state index in [9.17, 15) is 22.0 Å². The molecule has 0 aliphatic carbocycles. The van der Waals surface area contributed by atoms with E-state index in [1.807, 2.05) is 6.92 Å². The van der Waals surface area contributed by atoms with Gasteiger partial charge in [-0.05, 0) is 18.6 Å². The Balaban J connectivity index is 1.61. The second-order valence-electron chi connectivity index (χ2n) is 7.94. The Kier molecular flexibility index (Phi) is 5.61. The zero-order valence-corrected chi connectivity index (χ0v) is 18.6. The summed E-state index contributed by atoms with van der Waals surface area (Å²) in [7, 11) is 0. The first-order valence-electron chi connectivity index (χ1n) is 10.7. The summed E-state index contributed by atoms with van der Waals surface area (Å²) in [6.07, 6.45) is 2.47. The molecule has 184 valence electrons. The number of benzene rings is 1. The third-order valence-corrected chi connectivity index (χ3v) is 5.72. The molecule has 0 spiro atoms. The minimum Gasteiger partial charge on any atom is -0.383 e. The lowest BCUT2D eigenvalue weighted by Gasteiger charge is -2.16. The first-order valence-corrected chi connectivity index (χ1v) is 10.7. The van der Waals surface area contributed by atoms with Gasteiger partial charge in [-0.1, -0.05) is 6.92 Å². The van der Waals surface area contributed by atoms with Gasteiger partial charge >= 0.3 is 6.18 Å². The lowest BCUT2D eigenvalue weighted by molar-refractivity contribution is -0.144. The lowest BCUT2D eigenvalue weighted by atomic mass is 10.1. The van der Waals surface area contributed by atoms with Gasteiger partial charge in [0.25, 0.3) is 0 Å². The van der Waals surface area contributed by atoms with Crippen molar-refractivity contribution in [1.82, 2.24) is 34.5 Å². The number of H-pyrrole nitrogens is 1. The van der Waals surface area contributed by atoms with Crippen molar-refractivity contribution in [3.8, 4) is 22.5 Å². The summed E-state index contributed by atoms with van der Waals surface area (Å²) >= 11 is 0. The highest BCUT2D eigenvalue weighted by atomic mass is 19.4. The maximum Gasteiger partial charge on any atom is 0.451 e. The molecule has 0 saturated heterocycles. The Morgan fingerprint density at radius 1 is 1.00 bits per heavy atom. The molecule has 36 heavy (non-hydrogen) atoms. The van der Waals surface area contributed by atoms with Crippen LogP contribution in [-0.2, 0) is 6.18 Å². The third kappa shape index (κ3) is 4.01. The Morgan fingerprint density at radius 3 is 2.42 bits per heavy atom. The number of aromatic amines is 1. The molecule has 0 amide bonds. The summed E-state index contributed by atoms with van der Waals surface area (Å²) < 4.78 is 68.2. The molecule has 1 atom stereocenters. The van der Waals surface area contributed by atoms with Crippen LogP contribution in [0.3, 0.4) is 0 Å². The number of nitrogens with zero attached hydrogens (tertiary/aromatic N) is 6. The predicted molar refractivity (Wildman–Crippen MR) is 120 cm³/mol. The zero-order valence-electron chi connectivity index (χ0n) is 18.6. The van der Waals surface area contributed by atoms with E-state index in [1.165, 1.54) is 18.6 Å². The fourth-order valence-corrected chi connectivity index (χ4v) is 4.07. The van der Waals surface area contributed by atoms with Gasteiger partial charge in [0.15, 0.2) is 0 Å². The molecule has 13 heteroatoms. The molecule has 0 aliphatic rings. The van der Waals surface area contributed by atoms with Gasteiger partial charge < -0.3 is 15.3 Å². The van der Waals surface area contributed by atoms with Gasteiger partial charge in [0.2, 0.25) is 5.82 Å². The van der Waals surface area contributed by atoms with Crippen LogP contribution < -0.4 is 5.73 Å². The number of nitrogens with one attached hydrogen (secondary N) is 1. The van der Waals surface area contributed by atoms with Gasteiger partial charge in [0, 0.05) is 35.8 Å². The molecule has 4 aromatic heterocycles. The highest BCUT2D eigenvalue weighted by Gasteiger charge is 2.34. The summed E-state index contributed by atoms with van der Waals surface area (Å²) in [6, 6.07) is 2.80. The average molecular weight is 500 g/mol. The molecule has 4 heterocycles. The van der Waals surface area contributed by atoms with Gasteiger partial charge in [-0.2, -0.15) is 13.2 Å². The molecule has 3 N–H and O–H groups in total. The van der Waals surface area contributed by atoms with E-state index in [0.717, 1.165) is 24.5 Å². The van der Waals surface area contributed by atoms with Crippen molar-refractivity contribution in [2.75, 3.05) is 5.73 Å². The molecular weight excluding hydrogens is 483 g/mol. The van der Waals surface area contributed by atoms with Gasteiger partial charge in [0.05, 0.1) is 28.9 Å². The molecule has 5 aromatic rings. The number of fused-ring (bicyclic) bond motifs is 1. The molecule has 1 unspecified atom stereocenters. The number of rotatable bonds is 5. The van der Waals surface area contributed by atoms with E-state index in [4.69, 9.17) is 5.73 Å². The van der Waals surface area contributed by atoms with E-state index >= 15 is 0 Å². The Labute approximate surface area is 200 Å². The standard InChI is InChI=1S/C23H17F5N8/c1-2-17(16-8-30-20(35-16)13-4-3-12(24)5-15(13)25)36-9-14(18-19(29)33-10-34-21(18)36)11-6-31-22(32-7-11)23(26,27)28/h3-10,17H,2H2,1H3,(H,30,35)(H2,29,33,34). The Hall–Kier alpha value is -4.42. The van der Waals surface area contributed by atoms with Crippen molar-refractivity contribution in [3.05, 3.63) is 72.5 Å². The number of halogens is 5. The van der Waals surface area contributed by atoms with Crippen LogP contribution in [0.4, 0.5) is 27.8 Å². The number of nitrogens with two attached hydrogens (primary N) is 1. The molecule has 5 rings (SSSR count). The minimum atomic E-state index is -4.68. The van der Waals surface area contributed by atoms with Crippen LogP contribution in [0, 0.1) is 11.6 Å². The summed E-state index contributed by atoms with van der Waals surface area (Å²) in [5, 5.41) is 0.420. The van der Waals surface area contributed by atoms with Crippen LogP contribution in [0.15, 0.2) is 49.3 Å². The van der Waals surface area contributed by atoms with Crippen molar-refractivity contribution >= 4 is 16.9 Å². The van der Waals surface area contributed by atoms with Gasteiger partial charge in [-0.15, -0.1) is 0 Å². The zero-order chi connectivity index (χ0) is 25.6. The topological polar surface area (TPSA) is 111 Å². The van der Waals surface area contributed by atoms with E-state index < -0.39 is 29.7 Å². The quantitative estimate of drug-likeness (QED) is 0.323. The van der Waals surface area contributed by atoms with Crippen LogP contribution in [0.2, 0.25) is 0 Å². The monoisotopic (exact) mass is 500 g/mol.